The van der Waals surface area contributed by atoms with Crippen LogP contribution < -0.4 is 0 Å². The van der Waals surface area contributed by atoms with Crippen molar-refractivity contribution in [3.8, 4) is 0 Å². The Balaban J connectivity index is 0.00000121. The largest absolute Gasteiger partial charge is 0.465 e. The number of carbonyl (C=O) groups is 1. The van der Waals surface area contributed by atoms with Crippen LogP contribution in [0.3, 0.4) is 0 Å². The third-order valence-electron chi connectivity index (χ3n) is 2.08. The highest BCUT2D eigenvalue weighted by Crippen LogP contribution is 2.06. The molecular weight excluding hydrogens is 180 g/mol. The summed E-state index contributed by atoms with van der Waals surface area (Å²) in [6.07, 6.45) is -0.800. The Hall–Kier alpha value is -0.480. The Bertz CT molecular complexity index is 165. The van der Waals surface area contributed by atoms with Gasteiger partial charge in [-0.3, -0.25) is 0 Å². The molecule has 1 saturated heterocycles. The molecule has 1 rings (SSSR count). The number of rotatable bonds is 0. The predicted octanol–water partition coefficient (Wildman–Crippen LogP) is 0.722. The number of carboxylic acid groups (broad SMARTS) is 1. The lowest BCUT2D eigenvalue weighted by molar-refractivity contribution is 0.0844. The molecule has 0 saturated carbocycles. The average Bonchev–Trinajstić information content (AvgIpc) is 1.85. The molecule has 0 aromatic rings. The van der Waals surface area contributed by atoms with Gasteiger partial charge in [-0.2, -0.15) is 0 Å². The second kappa shape index (κ2) is 4.52. The molecule has 1 aliphatic rings. The van der Waals surface area contributed by atoms with E-state index >= 15 is 0 Å². The first-order valence-corrected chi connectivity index (χ1v) is 3.79. The number of halogens is 1. The van der Waals surface area contributed by atoms with E-state index in [4.69, 9.17) is 5.11 Å². The van der Waals surface area contributed by atoms with E-state index in [1.54, 1.807) is 0 Å². The maximum absolute atomic E-state index is 10.6. The van der Waals surface area contributed by atoms with Gasteiger partial charge < -0.3 is 14.9 Å². The molecule has 0 aromatic carbocycles. The standard InChI is InChI=1S/C7H14N2O2.ClH/c1-6-5-8(2)3-4-9(6)7(10)11;/h6H,3-5H2,1-2H3,(H,10,11);1H/t6-;/m1./s1. The minimum absolute atomic E-state index is 0. The molecule has 12 heavy (non-hydrogen) atoms. The van der Waals surface area contributed by atoms with Gasteiger partial charge in [-0.15, -0.1) is 12.4 Å². The first kappa shape index (κ1) is 11.5. The number of amides is 1. The summed E-state index contributed by atoms with van der Waals surface area (Å²) in [5.41, 5.74) is 0. The highest BCUT2D eigenvalue weighted by atomic mass is 35.5. The topological polar surface area (TPSA) is 43.8 Å². The van der Waals surface area contributed by atoms with Crippen molar-refractivity contribution in [1.29, 1.82) is 0 Å². The van der Waals surface area contributed by atoms with Crippen LogP contribution in [0, 0.1) is 0 Å². The molecule has 0 spiro atoms. The summed E-state index contributed by atoms with van der Waals surface area (Å²) < 4.78 is 0. The molecule has 0 aliphatic carbocycles. The fraction of sp³-hybridized carbons (Fsp3) is 0.857. The van der Waals surface area contributed by atoms with Crippen molar-refractivity contribution in [2.45, 2.75) is 13.0 Å². The van der Waals surface area contributed by atoms with Gasteiger partial charge >= 0.3 is 6.09 Å². The summed E-state index contributed by atoms with van der Waals surface area (Å²) >= 11 is 0. The van der Waals surface area contributed by atoms with Gasteiger partial charge in [-0.05, 0) is 14.0 Å². The second-order valence-electron chi connectivity index (χ2n) is 3.09. The van der Waals surface area contributed by atoms with Gasteiger partial charge in [0.2, 0.25) is 0 Å². The molecule has 1 atom stereocenters. The minimum atomic E-state index is -0.800. The summed E-state index contributed by atoms with van der Waals surface area (Å²) in [4.78, 5) is 14.2. The molecule has 0 radical (unpaired) electrons. The number of likely N-dealkylation sites (N-methyl/N-ethyl adjacent to an activating group) is 1. The quantitative estimate of drug-likeness (QED) is 0.618. The maximum Gasteiger partial charge on any atom is 0.407 e. The molecule has 0 bridgehead atoms. The number of hydrogen-bond acceptors (Lipinski definition) is 2. The van der Waals surface area contributed by atoms with Crippen LogP contribution in [-0.4, -0.2) is 53.7 Å². The average molecular weight is 195 g/mol. The van der Waals surface area contributed by atoms with E-state index in [0.29, 0.717) is 6.54 Å². The fourth-order valence-electron chi connectivity index (χ4n) is 1.42. The summed E-state index contributed by atoms with van der Waals surface area (Å²) in [5, 5.41) is 8.70. The van der Waals surface area contributed by atoms with E-state index in [1.807, 2.05) is 14.0 Å². The van der Waals surface area contributed by atoms with Crippen LogP contribution in [0.1, 0.15) is 6.92 Å². The SMILES string of the molecule is C[C@@H]1CN(C)CCN1C(=O)O.Cl. The smallest absolute Gasteiger partial charge is 0.407 e. The van der Waals surface area contributed by atoms with Crippen molar-refractivity contribution in [3.05, 3.63) is 0 Å². The van der Waals surface area contributed by atoms with Crippen molar-refractivity contribution in [1.82, 2.24) is 9.80 Å². The summed E-state index contributed by atoms with van der Waals surface area (Å²) in [7, 11) is 2.01. The van der Waals surface area contributed by atoms with E-state index in [0.717, 1.165) is 13.1 Å². The number of piperazine rings is 1. The van der Waals surface area contributed by atoms with Gasteiger partial charge in [0.15, 0.2) is 0 Å². The molecule has 72 valence electrons. The maximum atomic E-state index is 10.6. The van der Waals surface area contributed by atoms with Crippen LogP contribution in [0.25, 0.3) is 0 Å². The van der Waals surface area contributed by atoms with Crippen LogP contribution >= 0.6 is 12.4 Å². The van der Waals surface area contributed by atoms with E-state index in [9.17, 15) is 4.79 Å². The monoisotopic (exact) mass is 194 g/mol. The molecular formula is C7H15ClN2O2. The molecule has 5 heteroatoms. The van der Waals surface area contributed by atoms with E-state index in [-0.39, 0.29) is 18.4 Å². The molecule has 1 heterocycles. The first-order valence-electron chi connectivity index (χ1n) is 3.79. The van der Waals surface area contributed by atoms with Gasteiger partial charge in [-0.1, -0.05) is 0 Å². The Morgan fingerprint density at radius 3 is 2.50 bits per heavy atom. The van der Waals surface area contributed by atoms with Crippen molar-refractivity contribution < 1.29 is 9.90 Å². The number of hydrogen-bond donors (Lipinski definition) is 1. The highest BCUT2D eigenvalue weighted by molar-refractivity contribution is 5.85. The van der Waals surface area contributed by atoms with Gasteiger partial charge in [0, 0.05) is 25.7 Å². The van der Waals surface area contributed by atoms with Crippen LogP contribution in [0.4, 0.5) is 4.79 Å². The molecule has 4 nitrogen and oxygen atoms in total. The molecule has 1 fully saturated rings. The van der Waals surface area contributed by atoms with E-state index in [2.05, 4.69) is 4.90 Å². The normalized spacial score (nSPS) is 24.8. The molecule has 1 N–H and O–H groups in total. The lowest BCUT2D eigenvalue weighted by Crippen LogP contribution is -2.52. The third-order valence-corrected chi connectivity index (χ3v) is 2.08. The zero-order valence-electron chi connectivity index (χ0n) is 7.36. The predicted molar refractivity (Wildman–Crippen MR) is 48.9 cm³/mol. The highest BCUT2D eigenvalue weighted by Gasteiger charge is 2.24. The van der Waals surface area contributed by atoms with Crippen LogP contribution in [-0.2, 0) is 0 Å². The van der Waals surface area contributed by atoms with Gasteiger partial charge in [0.1, 0.15) is 0 Å². The zero-order valence-corrected chi connectivity index (χ0v) is 8.17. The molecule has 0 aromatic heterocycles. The van der Waals surface area contributed by atoms with Gasteiger partial charge in [-0.25, -0.2) is 4.79 Å². The van der Waals surface area contributed by atoms with Crippen LogP contribution in [0.2, 0.25) is 0 Å². The van der Waals surface area contributed by atoms with Crippen LogP contribution in [0.15, 0.2) is 0 Å². The Morgan fingerprint density at radius 2 is 2.08 bits per heavy atom. The van der Waals surface area contributed by atoms with Crippen molar-refractivity contribution in [2.75, 3.05) is 26.7 Å². The van der Waals surface area contributed by atoms with Crippen molar-refractivity contribution in [3.63, 3.8) is 0 Å². The Labute approximate surface area is 78.6 Å². The number of nitrogens with zero attached hydrogens (tertiary/aromatic N) is 2. The Kier molecular flexibility index (Phi) is 4.34. The van der Waals surface area contributed by atoms with E-state index < -0.39 is 6.09 Å². The third kappa shape index (κ3) is 2.53. The Morgan fingerprint density at radius 1 is 1.50 bits per heavy atom. The van der Waals surface area contributed by atoms with Crippen molar-refractivity contribution >= 4 is 18.5 Å². The van der Waals surface area contributed by atoms with E-state index in [1.165, 1.54) is 4.90 Å². The first-order chi connectivity index (χ1) is 5.11. The summed E-state index contributed by atoms with van der Waals surface area (Å²) in [6.45, 7) is 4.25. The zero-order chi connectivity index (χ0) is 8.43. The van der Waals surface area contributed by atoms with Gasteiger partial charge in [0.25, 0.3) is 0 Å². The molecule has 1 aliphatic heterocycles. The minimum Gasteiger partial charge on any atom is -0.465 e. The fourth-order valence-corrected chi connectivity index (χ4v) is 1.42. The summed E-state index contributed by atoms with van der Waals surface area (Å²) in [5.74, 6) is 0. The summed E-state index contributed by atoms with van der Waals surface area (Å²) in [6, 6.07) is 0.131. The second-order valence-corrected chi connectivity index (χ2v) is 3.09. The lowest BCUT2D eigenvalue weighted by Gasteiger charge is -2.36. The molecule has 0 unspecified atom stereocenters. The van der Waals surface area contributed by atoms with Crippen molar-refractivity contribution in [2.24, 2.45) is 0 Å². The molecule has 1 amide bonds. The lowest BCUT2D eigenvalue weighted by atomic mass is 10.2. The van der Waals surface area contributed by atoms with Gasteiger partial charge in [0.05, 0.1) is 0 Å². The van der Waals surface area contributed by atoms with Crippen LogP contribution in [0.5, 0.6) is 0 Å².